The van der Waals surface area contributed by atoms with E-state index in [9.17, 15) is 22.0 Å². The van der Waals surface area contributed by atoms with Gasteiger partial charge in [-0.1, -0.05) is 64.2 Å². The third kappa shape index (κ3) is 7.12. The zero-order valence-electron chi connectivity index (χ0n) is 18.8. The molecule has 0 amide bonds. The quantitative estimate of drug-likeness (QED) is 0.141. The van der Waals surface area contributed by atoms with Gasteiger partial charge in [0, 0.05) is 40.2 Å². The van der Waals surface area contributed by atoms with E-state index in [1.807, 2.05) is 6.92 Å². The minimum atomic E-state index is -3.92. The maximum absolute atomic E-state index is 14.8. The fourth-order valence-electron chi connectivity index (χ4n) is 4.02. The number of sulfonamides is 1. The van der Waals surface area contributed by atoms with Crippen molar-refractivity contribution in [3.8, 4) is 11.8 Å². The maximum atomic E-state index is 14.8. The third-order valence-corrected chi connectivity index (χ3v) is 8.62. The van der Waals surface area contributed by atoms with Gasteiger partial charge in [0.1, 0.15) is 0 Å². The van der Waals surface area contributed by atoms with Crippen LogP contribution in [0.2, 0.25) is 0 Å². The molecule has 184 valence electrons. The lowest BCUT2D eigenvalue weighted by Gasteiger charge is -2.31. The number of esters is 1. The van der Waals surface area contributed by atoms with Crippen molar-refractivity contribution < 1.29 is 26.7 Å². The van der Waals surface area contributed by atoms with Crippen molar-refractivity contribution in [2.24, 2.45) is 11.3 Å². The van der Waals surface area contributed by atoms with Gasteiger partial charge in [0.25, 0.3) is 0 Å². The molecule has 1 aromatic rings. The summed E-state index contributed by atoms with van der Waals surface area (Å²) in [7, 11) is -3.92. The lowest BCUT2D eigenvalue weighted by Crippen LogP contribution is -2.38. The van der Waals surface area contributed by atoms with Gasteiger partial charge in [0.05, 0.1) is 11.5 Å². The number of unbranched alkanes of at least 4 members (excludes halogenated alkanes) is 1. The van der Waals surface area contributed by atoms with Gasteiger partial charge in [-0.25, -0.2) is 13.2 Å². The zero-order chi connectivity index (χ0) is 24.7. The first-order chi connectivity index (χ1) is 15.5. The van der Waals surface area contributed by atoms with Crippen LogP contribution in [0.4, 0.5) is 8.78 Å². The molecule has 1 fully saturated rings. The van der Waals surface area contributed by atoms with E-state index in [1.54, 1.807) is 12.1 Å². The number of ether oxygens (including phenoxy) is 1. The Morgan fingerprint density at radius 3 is 2.58 bits per heavy atom. The smallest absolute Gasteiger partial charge is 0.376 e. The fourth-order valence-corrected chi connectivity index (χ4v) is 6.11. The molecule has 0 aromatic heterocycles. The Morgan fingerprint density at radius 1 is 1.33 bits per heavy atom. The van der Waals surface area contributed by atoms with Crippen molar-refractivity contribution in [2.45, 2.75) is 56.8 Å². The number of halogens is 4. The Morgan fingerprint density at radius 2 is 2.00 bits per heavy atom. The summed E-state index contributed by atoms with van der Waals surface area (Å²) in [5, 5.41) is 0. The summed E-state index contributed by atoms with van der Waals surface area (Å²) in [5.41, 5.74) is -0.958. The highest BCUT2D eigenvalue weighted by Crippen LogP contribution is 2.47. The molecule has 1 aliphatic heterocycles. The van der Waals surface area contributed by atoms with Gasteiger partial charge in [0.2, 0.25) is 10.0 Å². The van der Waals surface area contributed by atoms with E-state index < -0.39 is 39.7 Å². The van der Waals surface area contributed by atoms with Crippen molar-refractivity contribution in [1.82, 2.24) is 4.31 Å². The van der Waals surface area contributed by atoms with Crippen LogP contribution in [-0.2, 0) is 19.6 Å². The van der Waals surface area contributed by atoms with Crippen LogP contribution in [0.3, 0.4) is 0 Å². The van der Waals surface area contributed by atoms with E-state index in [-0.39, 0.29) is 24.6 Å². The highest BCUT2D eigenvalue weighted by atomic mass is 127. The van der Waals surface area contributed by atoms with Gasteiger partial charge in [-0.3, -0.25) is 0 Å². The number of hydrogen-bond acceptors (Lipinski definition) is 4. The first-order valence-electron chi connectivity index (χ1n) is 10.9. The molecule has 2 unspecified atom stereocenters. The molecule has 1 heterocycles. The van der Waals surface area contributed by atoms with E-state index in [2.05, 4.69) is 55.1 Å². The summed E-state index contributed by atoms with van der Waals surface area (Å²) in [4.78, 5) is 12.0. The lowest BCUT2D eigenvalue weighted by atomic mass is 9.72. The van der Waals surface area contributed by atoms with Gasteiger partial charge in [0.15, 0.2) is 0 Å². The number of hydrogen-bond donors (Lipinski definition) is 0. The van der Waals surface area contributed by atoms with Crippen LogP contribution in [0.5, 0.6) is 0 Å². The largest absolute Gasteiger partial charge is 0.462 e. The molecule has 0 N–H and O–H groups in total. The summed E-state index contributed by atoms with van der Waals surface area (Å²) >= 11 is 5.48. The van der Waals surface area contributed by atoms with Crippen molar-refractivity contribution in [3.63, 3.8) is 0 Å². The van der Waals surface area contributed by atoms with E-state index in [0.29, 0.717) is 19.3 Å². The lowest BCUT2D eigenvalue weighted by molar-refractivity contribution is -0.174. The SMILES string of the molecule is CCCCC1(C#CCCI)CN(S(=O)(=O)c2ccc(Br)cc2)CC1CC(F)(F)C(=O)OCC. The van der Waals surface area contributed by atoms with Gasteiger partial charge < -0.3 is 4.74 Å². The minimum Gasteiger partial charge on any atom is -0.462 e. The topological polar surface area (TPSA) is 63.7 Å². The molecule has 0 bridgehead atoms. The van der Waals surface area contributed by atoms with Crippen LogP contribution < -0.4 is 0 Å². The van der Waals surface area contributed by atoms with Crippen LogP contribution >= 0.6 is 38.5 Å². The van der Waals surface area contributed by atoms with Crippen LogP contribution in [0, 0.1) is 23.2 Å². The molecule has 5 nitrogen and oxygen atoms in total. The predicted octanol–water partition coefficient (Wildman–Crippen LogP) is 5.66. The summed E-state index contributed by atoms with van der Waals surface area (Å²) in [6.07, 6.45) is 1.78. The third-order valence-electron chi connectivity index (χ3n) is 5.73. The molecule has 0 spiro atoms. The molecule has 2 rings (SSSR count). The number of nitrogens with zero attached hydrogens (tertiary/aromatic N) is 1. The second kappa shape index (κ2) is 12.3. The van der Waals surface area contributed by atoms with Gasteiger partial charge in [-0.15, -0.1) is 5.92 Å². The second-order valence-corrected chi connectivity index (χ2v) is 12.0. The second-order valence-electron chi connectivity index (χ2n) is 8.08. The predicted molar refractivity (Wildman–Crippen MR) is 136 cm³/mol. The Balaban J connectivity index is 2.48. The first kappa shape index (κ1) is 28.5. The molecule has 0 radical (unpaired) electrons. The van der Waals surface area contributed by atoms with Crippen molar-refractivity contribution in [1.29, 1.82) is 0 Å². The molecule has 1 saturated heterocycles. The minimum absolute atomic E-state index is 0.0171. The summed E-state index contributed by atoms with van der Waals surface area (Å²) in [6, 6.07) is 6.21. The van der Waals surface area contributed by atoms with Crippen LogP contribution in [0.15, 0.2) is 33.6 Å². The summed E-state index contributed by atoms with van der Waals surface area (Å²) < 4.78 is 63.7. The summed E-state index contributed by atoms with van der Waals surface area (Å²) in [6.45, 7) is 3.19. The molecule has 0 saturated carbocycles. The first-order valence-corrected chi connectivity index (χ1v) is 14.6. The van der Waals surface area contributed by atoms with E-state index in [1.165, 1.54) is 23.4 Å². The van der Waals surface area contributed by atoms with Crippen molar-refractivity contribution >= 4 is 54.5 Å². The molecule has 33 heavy (non-hydrogen) atoms. The number of alkyl halides is 3. The molecule has 1 aliphatic rings. The molecule has 10 heteroatoms. The van der Waals surface area contributed by atoms with Gasteiger partial charge in [-0.05, 0) is 43.5 Å². The molecule has 2 atom stereocenters. The van der Waals surface area contributed by atoms with E-state index >= 15 is 0 Å². The average molecular weight is 660 g/mol. The van der Waals surface area contributed by atoms with Gasteiger partial charge in [-0.2, -0.15) is 13.1 Å². The molecular formula is C23H29BrF2INO4S. The van der Waals surface area contributed by atoms with Crippen LogP contribution in [0.25, 0.3) is 0 Å². The average Bonchev–Trinajstić information content (AvgIpc) is 3.11. The highest BCUT2D eigenvalue weighted by Gasteiger charge is 2.54. The van der Waals surface area contributed by atoms with Gasteiger partial charge >= 0.3 is 11.9 Å². The standard InChI is InChI=1S/C23H29BrF2INO4S/c1-3-5-12-22(13-6-7-14-27)17-28(33(30,31)20-10-8-19(24)9-11-20)16-18(22)15-23(25,26)21(29)32-4-2/h8-11,18H,3-5,7,12,14-17H2,1-2H3. The molecule has 1 aromatic carbocycles. The van der Waals surface area contributed by atoms with Crippen molar-refractivity contribution in [3.05, 3.63) is 28.7 Å². The Kier molecular flexibility index (Phi) is 10.6. The number of benzene rings is 1. The van der Waals surface area contributed by atoms with E-state index in [0.717, 1.165) is 15.3 Å². The highest BCUT2D eigenvalue weighted by molar-refractivity contribution is 14.1. The Hall–Kier alpha value is -0.770. The van der Waals surface area contributed by atoms with Crippen molar-refractivity contribution in [2.75, 3.05) is 24.1 Å². The zero-order valence-corrected chi connectivity index (χ0v) is 23.3. The van der Waals surface area contributed by atoms with Crippen LogP contribution in [0.1, 0.15) is 46.0 Å². The Bertz CT molecular complexity index is 978. The molecular weight excluding hydrogens is 631 g/mol. The normalized spacial score (nSPS) is 21.5. The van der Waals surface area contributed by atoms with E-state index in [4.69, 9.17) is 0 Å². The Labute approximate surface area is 217 Å². The monoisotopic (exact) mass is 659 g/mol. The maximum Gasteiger partial charge on any atom is 0.376 e. The fraction of sp³-hybridized carbons (Fsp3) is 0.609. The molecule has 0 aliphatic carbocycles. The number of carbonyl (C=O) groups is 1. The number of rotatable bonds is 10. The summed E-state index contributed by atoms with van der Waals surface area (Å²) in [5.74, 6) is 0.142. The number of carbonyl (C=O) groups excluding carboxylic acids is 1. The van der Waals surface area contributed by atoms with Crippen LogP contribution in [-0.4, -0.2) is 48.7 Å².